The van der Waals surface area contributed by atoms with E-state index in [2.05, 4.69) is 15.5 Å². The standard InChI is InChI=1S/C21H24ClN3O4S/c22-14-4-2-13(3-5-14)17-15-12-16(25-7-10-29-11-8-25)30-19(15)21(28)24-18(17)20(27)23-6-1-9-26/h2-5,12,17-18,26H,1,6-11H2,(H,23,27)(H,24,28)/t17-,18-/m1/s1. The van der Waals surface area contributed by atoms with Gasteiger partial charge < -0.3 is 25.4 Å². The minimum absolute atomic E-state index is 0.00446. The molecule has 0 spiro atoms. The lowest BCUT2D eigenvalue weighted by atomic mass is 9.82. The molecule has 0 aliphatic carbocycles. The summed E-state index contributed by atoms with van der Waals surface area (Å²) in [6.45, 7) is 3.21. The molecule has 9 heteroatoms. The molecule has 0 bridgehead atoms. The van der Waals surface area contributed by atoms with Crippen molar-refractivity contribution in [1.82, 2.24) is 10.6 Å². The summed E-state index contributed by atoms with van der Waals surface area (Å²) in [5.41, 5.74) is 1.77. The van der Waals surface area contributed by atoms with Crippen molar-refractivity contribution in [1.29, 1.82) is 0 Å². The number of thiophene rings is 1. The third-order valence-electron chi connectivity index (χ3n) is 5.38. The number of amides is 2. The molecule has 0 unspecified atom stereocenters. The first-order valence-corrected chi connectivity index (χ1v) is 11.2. The molecule has 1 saturated heterocycles. The molecule has 2 amide bonds. The second kappa shape index (κ2) is 9.34. The van der Waals surface area contributed by atoms with Crippen LogP contribution in [0.15, 0.2) is 30.3 Å². The van der Waals surface area contributed by atoms with Gasteiger partial charge in [0, 0.05) is 37.2 Å². The lowest BCUT2D eigenvalue weighted by molar-refractivity contribution is -0.123. The summed E-state index contributed by atoms with van der Waals surface area (Å²) in [5, 5.41) is 16.3. The number of nitrogens with one attached hydrogen (secondary N) is 2. The number of carbonyl (C=O) groups excluding carboxylic acids is 2. The van der Waals surface area contributed by atoms with Crippen LogP contribution in [0.2, 0.25) is 5.02 Å². The largest absolute Gasteiger partial charge is 0.396 e. The average Bonchev–Trinajstić information content (AvgIpc) is 3.21. The van der Waals surface area contributed by atoms with Gasteiger partial charge in [-0.3, -0.25) is 9.59 Å². The van der Waals surface area contributed by atoms with E-state index in [-0.39, 0.29) is 24.3 Å². The second-order valence-corrected chi connectivity index (χ2v) is 8.78. The van der Waals surface area contributed by atoms with Crippen LogP contribution >= 0.6 is 22.9 Å². The van der Waals surface area contributed by atoms with Crippen LogP contribution < -0.4 is 15.5 Å². The van der Waals surface area contributed by atoms with Gasteiger partial charge >= 0.3 is 0 Å². The van der Waals surface area contributed by atoms with Crippen LogP contribution in [0.4, 0.5) is 5.00 Å². The molecule has 3 N–H and O–H groups in total. The summed E-state index contributed by atoms with van der Waals surface area (Å²) in [7, 11) is 0. The number of nitrogens with zero attached hydrogens (tertiary/aromatic N) is 1. The van der Waals surface area contributed by atoms with E-state index in [0.717, 1.165) is 29.2 Å². The second-order valence-electron chi connectivity index (χ2n) is 7.32. The number of fused-ring (bicyclic) bond motifs is 1. The first-order chi connectivity index (χ1) is 14.6. The number of aliphatic hydroxyl groups excluding tert-OH is 1. The van der Waals surface area contributed by atoms with Crippen LogP contribution in [0, 0.1) is 0 Å². The minimum atomic E-state index is -0.739. The maximum absolute atomic E-state index is 12.9. The molecule has 160 valence electrons. The van der Waals surface area contributed by atoms with Gasteiger partial charge in [-0.05, 0) is 35.7 Å². The summed E-state index contributed by atoms with van der Waals surface area (Å²) in [6.07, 6.45) is 0.461. The first kappa shape index (κ1) is 21.1. The number of carbonyl (C=O) groups is 2. The van der Waals surface area contributed by atoms with Crippen molar-refractivity contribution >= 4 is 39.8 Å². The van der Waals surface area contributed by atoms with Crippen molar-refractivity contribution < 1.29 is 19.4 Å². The van der Waals surface area contributed by atoms with Gasteiger partial charge in [0.25, 0.3) is 5.91 Å². The van der Waals surface area contributed by atoms with Crippen LogP contribution in [-0.4, -0.2) is 62.4 Å². The van der Waals surface area contributed by atoms with Crippen LogP contribution in [0.5, 0.6) is 0 Å². The monoisotopic (exact) mass is 449 g/mol. The van der Waals surface area contributed by atoms with Gasteiger partial charge in [0.05, 0.1) is 23.1 Å². The zero-order valence-electron chi connectivity index (χ0n) is 16.4. The Bertz CT molecular complexity index is 911. The summed E-state index contributed by atoms with van der Waals surface area (Å²) in [6, 6.07) is 8.68. The van der Waals surface area contributed by atoms with E-state index in [1.54, 1.807) is 12.1 Å². The number of rotatable bonds is 6. The van der Waals surface area contributed by atoms with Crippen molar-refractivity contribution in [2.45, 2.75) is 18.4 Å². The molecule has 2 aliphatic heterocycles. The Hall–Kier alpha value is -2.13. The lowest BCUT2D eigenvalue weighted by Crippen LogP contribution is -2.53. The third-order valence-corrected chi connectivity index (χ3v) is 6.84. The topological polar surface area (TPSA) is 90.9 Å². The van der Waals surface area contributed by atoms with Crippen molar-refractivity contribution in [3.63, 3.8) is 0 Å². The summed E-state index contributed by atoms with van der Waals surface area (Å²) >= 11 is 7.53. The molecule has 1 aromatic carbocycles. The van der Waals surface area contributed by atoms with Crippen LogP contribution in [0.1, 0.15) is 33.1 Å². The molecule has 2 atom stereocenters. The number of morpholine rings is 1. The maximum Gasteiger partial charge on any atom is 0.262 e. The Balaban J connectivity index is 1.71. The predicted molar refractivity (Wildman–Crippen MR) is 117 cm³/mol. The zero-order chi connectivity index (χ0) is 21.1. The zero-order valence-corrected chi connectivity index (χ0v) is 18.0. The number of hydrogen-bond acceptors (Lipinski definition) is 6. The van der Waals surface area contributed by atoms with E-state index in [1.165, 1.54) is 11.3 Å². The molecular weight excluding hydrogens is 426 g/mol. The van der Waals surface area contributed by atoms with E-state index >= 15 is 0 Å². The fraction of sp³-hybridized carbons (Fsp3) is 0.429. The van der Waals surface area contributed by atoms with E-state index < -0.39 is 6.04 Å². The smallest absolute Gasteiger partial charge is 0.262 e. The molecule has 1 fully saturated rings. The number of ether oxygens (including phenoxy) is 1. The highest BCUT2D eigenvalue weighted by Crippen LogP contribution is 2.42. The molecule has 7 nitrogen and oxygen atoms in total. The molecule has 2 aromatic rings. The molecular formula is C21H24ClN3O4S. The average molecular weight is 450 g/mol. The molecule has 30 heavy (non-hydrogen) atoms. The van der Waals surface area contributed by atoms with Gasteiger partial charge in [-0.25, -0.2) is 0 Å². The van der Waals surface area contributed by atoms with Gasteiger partial charge in [0.1, 0.15) is 6.04 Å². The molecule has 4 rings (SSSR count). The van der Waals surface area contributed by atoms with Gasteiger partial charge in [-0.1, -0.05) is 23.7 Å². The van der Waals surface area contributed by atoms with E-state index in [0.29, 0.717) is 36.1 Å². The summed E-state index contributed by atoms with van der Waals surface area (Å²) in [5.74, 6) is -0.821. The van der Waals surface area contributed by atoms with Crippen molar-refractivity contribution in [2.24, 2.45) is 0 Å². The number of benzene rings is 1. The number of aliphatic hydroxyl groups is 1. The first-order valence-electron chi connectivity index (χ1n) is 10.00. The molecule has 0 radical (unpaired) electrons. The normalized spacial score (nSPS) is 21.1. The van der Waals surface area contributed by atoms with Crippen LogP contribution in [0.3, 0.4) is 0 Å². The van der Waals surface area contributed by atoms with E-state index in [4.69, 9.17) is 21.4 Å². The Morgan fingerprint density at radius 3 is 2.73 bits per heavy atom. The van der Waals surface area contributed by atoms with Gasteiger partial charge in [0.15, 0.2) is 0 Å². The molecule has 3 heterocycles. The third kappa shape index (κ3) is 4.32. The fourth-order valence-electron chi connectivity index (χ4n) is 3.87. The highest BCUT2D eigenvalue weighted by molar-refractivity contribution is 7.18. The Kier molecular flexibility index (Phi) is 6.58. The van der Waals surface area contributed by atoms with E-state index in [9.17, 15) is 9.59 Å². The summed E-state index contributed by atoms with van der Waals surface area (Å²) in [4.78, 5) is 28.7. The van der Waals surface area contributed by atoms with Gasteiger partial charge in [-0.15, -0.1) is 11.3 Å². The summed E-state index contributed by atoms with van der Waals surface area (Å²) < 4.78 is 5.44. The van der Waals surface area contributed by atoms with Gasteiger partial charge in [0.2, 0.25) is 5.91 Å². The molecule has 1 aromatic heterocycles. The Labute approximate surface area is 184 Å². The fourth-order valence-corrected chi connectivity index (χ4v) is 5.16. The number of hydrogen-bond donors (Lipinski definition) is 3. The highest BCUT2D eigenvalue weighted by Gasteiger charge is 2.40. The van der Waals surface area contributed by atoms with Gasteiger partial charge in [-0.2, -0.15) is 0 Å². The van der Waals surface area contributed by atoms with Crippen LogP contribution in [0.25, 0.3) is 0 Å². The van der Waals surface area contributed by atoms with Crippen molar-refractivity contribution in [3.8, 4) is 0 Å². The van der Waals surface area contributed by atoms with Crippen molar-refractivity contribution in [3.05, 3.63) is 51.4 Å². The highest BCUT2D eigenvalue weighted by atomic mass is 35.5. The Morgan fingerprint density at radius 2 is 2.03 bits per heavy atom. The quantitative estimate of drug-likeness (QED) is 0.587. The Morgan fingerprint density at radius 1 is 1.30 bits per heavy atom. The SMILES string of the molecule is O=C1N[C@@H](C(=O)NCCCO)[C@H](c2ccc(Cl)cc2)c2cc(N3CCOCC3)sc21. The van der Waals surface area contributed by atoms with E-state index in [1.807, 2.05) is 18.2 Å². The van der Waals surface area contributed by atoms with Crippen molar-refractivity contribution in [2.75, 3.05) is 44.4 Å². The number of halogens is 1. The van der Waals surface area contributed by atoms with Crippen LogP contribution in [-0.2, 0) is 9.53 Å². The minimum Gasteiger partial charge on any atom is -0.396 e. The predicted octanol–water partition coefficient (Wildman–Crippen LogP) is 1.98. The lowest BCUT2D eigenvalue weighted by Gasteiger charge is -2.32. The maximum atomic E-state index is 12.9. The molecule has 0 saturated carbocycles. The molecule has 2 aliphatic rings. The number of anilines is 1.